The lowest BCUT2D eigenvalue weighted by Crippen LogP contribution is -2.26. The Kier molecular flexibility index (Phi) is 6.15. The SMILES string of the molecule is FC(F)(F)c1cc(CNCc2cnc3ccccc3c2NC(C2CC2)C2CC2)cc(C(F)(F)F)c1. The van der Waals surface area contributed by atoms with E-state index in [0.29, 0.717) is 17.9 Å². The first-order chi connectivity index (χ1) is 16.6. The number of halogens is 6. The molecular formula is C26H25F6N3. The number of alkyl halides is 6. The lowest BCUT2D eigenvalue weighted by atomic mass is 10.0. The van der Waals surface area contributed by atoms with Crippen LogP contribution in [0.1, 0.15) is 47.9 Å². The fourth-order valence-corrected chi connectivity index (χ4v) is 4.65. The number of para-hydroxylation sites is 1. The second kappa shape index (κ2) is 9.00. The highest BCUT2D eigenvalue weighted by Crippen LogP contribution is 2.46. The molecule has 0 radical (unpaired) electrons. The lowest BCUT2D eigenvalue weighted by molar-refractivity contribution is -0.143. The highest BCUT2D eigenvalue weighted by molar-refractivity contribution is 5.92. The molecule has 0 spiro atoms. The Bertz CT molecular complexity index is 1170. The summed E-state index contributed by atoms with van der Waals surface area (Å²) in [5.41, 5.74) is -0.0999. The molecule has 3 aromatic rings. The Balaban J connectivity index is 1.39. The van der Waals surface area contributed by atoms with Crippen LogP contribution in [-0.4, -0.2) is 11.0 Å². The lowest BCUT2D eigenvalue weighted by Gasteiger charge is -2.23. The largest absolute Gasteiger partial charge is 0.416 e. The van der Waals surface area contributed by atoms with Gasteiger partial charge in [0.05, 0.1) is 16.6 Å². The average Bonchev–Trinajstić information content (AvgIpc) is 3.71. The van der Waals surface area contributed by atoms with Crippen LogP contribution in [0.15, 0.2) is 48.7 Å². The molecule has 3 nitrogen and oxygen atoms in total. The van der Waals surface area contributed by atoms with Crippen molar-refractivity contribution in [3.63, 3.8) is 0 Å². The van der Waals surface area contributed by atoms with Crippen molar-refractivity contribution in [1.29, 1.82) is 0 Å². The molecule has 0 bridgehead atoms. The smallest absolute Gasteiger partial charge is 0.381 e. The molecule has 2 saturated carbocycles. The molecule has 35 heavy (non-hydrogen) atoms. The van der Waals surface area contributed by atoms with Crippen LogP contribution in [0, 0.1) is 11.8 Å². The summed E-state index contributed by atoms with van der Waals surface area (Å²) in [6, 6.07) is 9.77. The third kappa shape index (κ3) is 5.55. The van der Waals surface area contributed by atoms with Gasteiger partial charge in [-0.1, -0.05) is 18.2 Å². The highest BCUT2D eigenvalue weighted by atomic mass is 19.4. The van der Waals surface area contributed by atoms with Crippen LogP contribution in [0.2, 0.25) is 0 Å². The second-order valence-corrected chi connectivity index (χ2v) is 9.54. The number of fused-ring (bicyclic) bond motifs is 1. The standard InChI is InChI=1S/C26H25F6N3/c27-25(28,29)19-9-15(10-20(11-19)26(30,31)32)12-33-13-18-14-34-22-4-2-1-3-21(22)24(18)35-23(16-5-6-16)17-7-8-17/h1-4,9-11,14,16-17,23,33H,5-8,12-13H2,(H,34,35). The maximum atomic E-state index is 13.2. The summed E-state index contributed by atoms with van der Waals surface area (Å²) < 4.78 is 79.1. The molecule has 1 heterocycles. The molecule has 186 valence electrons. The molecule has 0 atom stereocenters. The number of hydrogen-bond donors (Lipinski definition) is 2. The predicted octanol–water partition coefficient (Wildman–Crippen LogP) is 7.16. The van der Waals surface area contributed by atoms with E-state index in [9.17, 15) is 26.3 Å². The van der Waals surface area contributed by atoms with Crippen LogP contribution in [0.4, 0.5) is 32.0 Å². The molecule has 0 amide bonds. The van der Waals surface area contributed by atoms with Crippen LogP contribution in [0.25, 0.3) is 10.9 Å². The Hall–Kier alpha value is -2.81. The minimum atomic E-state index is -4.87. The van der Waals surface area contributed by atoms with E-state index in [1.807, 2.05) is 24.3 Å². The molecule has 5 rings (SSSR count). The number of nitrogens with one attached hydrogen (secondary N) is 2. The minimum Gasteiger partial charge on any atom is -0.381 e. The van der Waals surface area contributed by atoms with Gasteiger partial charge in [0, 0.05) is 42.0 Å². The first-order valence-corrected chi connectivity index (χ1v) is 11.7. The molecule has 2 aromatic carbocycles. The topological polar surface area (TPSA) is 37.0 Å². The van der Waals surface area contributed by atoms with Crippen LogP contribution in [0.3, 0.4) is 0 Å². The van der Waals surface area contributed by atoms with Gasteiger partial charge in [-0.3, -0.25) is 4.98 Å². The Labute approximate surface area is 198 Å². The zero-order valence-corrected chi connectivity index (χ0v) is 18.8. The first kappa shape index (κ1) is 23.9. The number of pyridine rings is 1. The van der Waals surface area contributed by atoms with Gasteiger partial charge in [0.15, 0.2) is 0 Å². The molecule has 0 saturated heterocycles. The van der Waals surface area contributed by atoms with Crippen molar-refractivity contribution >= 4 is 16.6 Å². The van der Waals surface area contributed by atoms with Crippen molar-refractivity contribution in [2.24, 2.45) is 11.8 Å². The normalized spacial score (nSPS) is 16.8. The average molecular weight is 493 g/mol. The predicted molar refractivity (Wildman–Crippen MR) is 122 cm³/mol. The van der Waals surface area contributed by atoms with E-state index in [-0.39, 0.29) is 24.7 Å². The second-order valence-electron chi connectivity index (χ2n) is 9.54. The molecule has 2 aliphatic carbocycles. The van der Waals surface area contributed by atoms with Gasteiger partial charge in [0.1, 0.15) is 0 Å². The van der Waals surface area contributed by atoms with E-state index < -0.39 is 23.5 Å². The summed E-state index contributed by atoms with van der Waals surface area (Å²) in [7, 11) is 0. The van der Waals surface area contributed by atoms with E-state index in [1.165, 1.54) is 25.7 Å². The number of benzene rings is 2. The fourth-order valence-electron chi connectivity index (χ4n) is 4.65. The third-order valence-electron chi connectivity index (χ3n) is 6.72. The molecule has 2 N–H and O–H groups in total. The molecule has 0 aliphatic heterocycles. The summed E-state index contributed by atoms with van der Waals surface area (Å²) in [6.07, 6.45) is -3.22. The van der Waals surface area contributed by atoms with Crippen LogP contribution in [0.5, 0.6) is 0 Å². The van der Waals surface area contributed by atoms with Crippen molar-refractivity contribution in [1.82, 2.24) is 10.3 Å². The number of hydrogen-bond acceptors (Lipinski definition) is 3. The molecule has 2 aliphatic rings. The maximum absolute atomic E-state index is 13.2. The van der Waals surface area contributed by atoms with Gasteiger partial charge >= 0.3 is 12.4 Å². The quantitative estimate of drug-likeness (QED) is 0.327. The van der Waals surface area contributed by atoms with E-state index in [2.05, 4.69) is 15.6 Å². The number of anilines is 1. The fraction of sp³-hybridized carbons (Fsp3) is 0.423. The van der Waals surface area contributed by atoms with Crippen molar-refractivity contribution in [3.8, 4) is 0 Å². The van der Waals surface area contributed by atoms with Crippen molar-refractivity contribution < 1.29 is 26.3 Å². The van der Waals surface area contributed by atoms with Crippen LogP contribution >= 0.6 is 0 Å². The molecular weight excluding hydrogens is 468 g/mol. The van der Waals surface area contributed by atoms with Gasteiger partial charge < -0.3 is 10.6 Å². The monoisotopic (exact) mass is 493 g/mol. The van der Waals surface area contributed by atoms with Gasteiger partial charge in [-0.05, 0) is 67.3 Å². The van der Waals surface area contributed by atoms with Gasteiger partial charge in [0.2, 0.25) is 0 Å². The number of aromatic nitrogens is 1. The summed E-state index contributed by atoms with van der Waals surface area (Å²) >= 11 is 0. The first-order valence-electron chi connectivity index (χ1n) is 11.7. The third-order valence-corrected chi connectivity index (χ3v) is 6.72. The summed E-state index contributed by atoms with van der Waals surface area (Å²) in [5.74, 6) is 1.28. The molecule has 1 aromatic heterocycles. The van der Waals surface area contributed by atoms with Gasteiger partial charge in [0.25, 0.3) is 0 Å². The van der Waals surface area contributed by atoms with E-state index in [4.69, 9.17) is 0 Å². The summed E-state index contributed by atoms with van der Waals surface area (Å²) in [5, 5.41) is 7.73. The Morgan fingerprint density at radius 3 is 2.00 bits per heavy atom. The summed E-state index contributed by atoms with van der Waals surface area (Å²) in [6.45, 7) is 0.105. The van der Waals surface area contributed by atoms with Crippen LogP contribution < -0.4 is 10.6 Å². The number of rotatable bonds is 8. The van der Waals surface area contributed by atoms with Crippen molar-refractivity contribution in [2.45, 2.75) is 57.2 Å². The van der Waals surface area contributed by atoms with Crippen LogP contribution in [-0.2, 0) is 25.4 Å². The van der Waals surface area contributed by atoms with Gasteiger partial charge in [-0.2, -0.15) is 26.3 Å². The van der Waals surface area contributed by atoms with Gasteiger partial charge in [-0.25, -0.2) is 0 Å². The van der Waals surface area contributed by atoms with E-state index >= 15 is 0 Å². The van der Waals surface area contributed by atoms with E-state index in [1.54, 1.807) is 6.20 Å². The minimum absolute atomic E-state index is 0.0794. The Morgan fingerprint density at radius 1 is 0.829 bits per heavy atom. The van der Waals surface area contributed by atoms with Crippen molar-refractivity contribution in [2.75, 3.05) is 5.32 Å². The summed E-state index contributed by atoms with van der Waals surface area (Å²) in [4.78, 5) is 4.51. The molecule has 2 fully saturated rings. The Morgan fingerprint density at radius 2 is 1.43 bits per heavy atom. The molecule has 9 heteroatoms. The van der Waals surface area contributed by atoms with Gasteiger partial charge in [-0.15, -0.1) is 0 Å². The maximum Gasteiger partial charge on any atom is 0.416 e. The zero-order valence-electron chi connectivity index (χ0n) is 18.8. The highest BCUT2D eigenvalue weighted by Gasteiger charge is 2.42. The zero-order chi connectivity index (χ0) is 24.8. The number of nitrogens with zero attached hydrogens (tertiary/aromatic N) is 1. The van der Waals surface area contributed by atoms with Crippen molar-refractivity contribution in [3.05, 3.63) is 70.9 Å². The van der Waals surface area contributed by atoms with E-state index in [0.717, 1.165) is 34.3 Å². The molecule has 0 unspecified atom stereocenters.